The molecular weight excluding hydrogens is 1110 g/mol. The van der Waals surface area contributed by atoms with Crippen LogP contribution in [0.2, 0.25) is 0 Å². The van der Waals surface area contributed by atoms with Gasteiger partial charge in [0.15, 0.2) is 17.4 Å². The van der Waals surface area contributed by atoms with Gasteiger partial charge in [0.25, 0.3) is 6.47 Å². The highest BCUT2D eigenvalue weighted by atomic mass is 32.1. The van der Waals surface area contributed by atoms with Crippen LogP contribution in [0, 0.1) is 5.92 Å². The van der Waals surface area contributed by atoms with Crippen LogP contribution in [0.3, 0.4) is 0 Å². The molecule has 0 radical (unpaired) electrons. The Morgan fingerprint density at radius 1 is 0.635 bits per heavy atom. The van der Waals surface area contributed by atoms with Crippen LogP contribution in [0.25, 0.3) is 33.4 Å². The number of urea groups is 1. The van der Waals surface area contributed by atoms with Crippen molar-refractivity contribution >= 4 is 81.8 Å². The van der Waals surface area contributed by atoms with Crippen molar-refractivity contribution in [2.45, 2.75) is 134 Å². The second-order valence-corrected chi connectivity index (χ2v) is 21.4. The summed E-state index contributed by atoms with van der Waals surface area (Å²) in [6, 6.07) is 29.1. The van der Waals surface area contributed by atoms with Gasteiger partial charge in [-0.15, -0.1) is 0 Å². The Hall–Kier alpha value is -9.11. The fourth-order valence-corrected chi connectivity index (χ4v) is 10.3. The number of amides is 4. The molecule has 0 saturated carbocycles. The van der Waals surface area contributed by atoms with E-state index in [1.165, 1.54) is 24.3 Å². The number of carbonyl (C=O) groups excluding carboxylic acids is 6. The predicted molar refractivity (Wildman–Crippen MR) is 319 cm³/mol. The predicted octanol–water partition coefficient (Wildman–Crippen LogP) is 8.91. The van der Waals surface area contributed by atoms with Crippen LogP contribution in [0.4, 0.5) is 4.79 Å². The number of carbonyl (C=O) groups is 9. The van der Waals surface area contributed by atoms with Crippen LogP contribution in [0.5, 0.6) is 5.75 Å². The lowest BCUT2D eigenvalue weighted by molar-refractivity contribution is -0.141. The van der Waals surface area contributed by atoms with E-state index in [0.717, 1.165) is 24.0 Å². The van der Waals surface area contributed by atoms with Gasteiger partial charge in [-0.25, -0.2) is 14.4 Å². The number of ether oxygens (including phenoxy) is 1. The molecule has 0 fully saturated rings. The monoisotopic (exact) mass is 1180 g/mol. The van der Waals surface area contributed by atoms with Crippen molar-refractivity contribution in [2.24, 2.45) is 5.92 Å². The van der Waals surface area contributed by atoms with Crippen molar-refractivity contribution in [3.05, 3.63) is 148 Å². The number of carboxylic acid groups (broad SMARTS) is 3. The number of thiocarbonyl (C=S) groups is 1. The summed E-state index contributed by atoms with van der Waals surface area (Å²) >= 11 is 5.77. The molecule has 85 heavy (non-hydrogen) atoms. The summed E-state index contributed by atoms with van der Waals surface area (Å²) < 4.78 is 10.6. The van der Waals surface area contributed by atoms with Crippen molar-refractivity contribution in [1.29, 1.82) is 0 Å². The average molecular weight is 1180 g/mol. The van der Waals surface area contributed by atoms with Gasteiger partial charge in [0.1, 0.15) is 28.9 Å². The lowest BCUT2D eigenvalue weighted by atomic mass is 9.89. The maximum atomic E-state index is 14.3. The van der Waals surface area contributed by atoms with Gasteiger partial charge in [-0.05, 0) is 102 Å². The molecule has 1 aliphatic carbocycles. The third-order valence-electron chi connectivity index (χ3n) is 14.3. The normalized spacial score (nSPS) is 12.5. The van der Waals surface area contributed by atoms with E-state index in [4.69, 9.17) is 21.7 Å². The number of fused-ring (bicyclic) bond motifs is 2. The van der Waals surface area contributed by atoms with E-state index in [1.54, 1.807) is 30.3 Å². The lowest BCUT2D eigenvalue weighted by Crippen LogP contribution is -2.49. The zero-order chi connectivity index (χ0) is 61.3. The molecular formula is C64H70N4O16S. The number of rotatable bonds is 37. The van der Waals surface area contributed by atoms with Crippen LogP contribution in [-0.4, -0.2) is 104 Å². The fraction of sp³-hybridized carbons (Fsp3) is 0.359. The molecule has 1 aliphatic heterocycles. The molecule has 4 atom stereocenters. The SMILES string of the molecule is O=CO[C@H](CCC(=O)O)NC(=O)N[C@H](CCC(=O)CCCCCCCCC(=O)N[C@@H](Cc1ccccc1)C(=O)C[C@@H](Cc1ccccc1)C(=O)NCCCC(=S)Cc1ccc(-c2c3ccc(=O)cc-3oc3cc(O)ccc23)c(C(=O)O)c1)C(=O)O. The molecule has 20 nitrogen and oxygen atoms in total. The van der Waals surface area contributed by atoms with E-state index in [2.05, 4.69) is 26.0 Å². The fourth-order valence-electron chi connectivity index (χ4n) is 9.95. The molecule has 1 heterocycles. The summed E-state index contributed by atoms with van der Waals surface area (Å²) in [4.78, 5) is 126. The van der Waals surface area contributed by atoms with Gasteiger partial charge in [0, 0.05) is 79.6 Å². The van der Waals surface area contributed by atoms with Gasteiger partial charge in [-0.3, -0.25) is 33.6 Å². The standard InChI is InChI=1S/C64H70N4O16S/c69-39-83-58(29-30-59(75)76)68-64(82)67-52(63(80)81)28-24-44(70)18-11-3-1-2-4-12-20-57(74)66-53(35-41-16-9-6-10-17-41)54(73)36-43(32-40-14-7-5-8-15-40)61(77)65-31-13-19-47(85)33-42-21-25-48(51(34-42)62(78)79)60-49-26-22-45(71)37-55(49)84-56-38-46(72)23-27-50(56)60/h5-10,14-17,21-23,25-27,34,37-39,43,52-53,58,71H,1-4,11-13,18-20,24,28-33,35-36H2,(H,65,77)(H,66,74)(H,75,76)(H,78,79)(H,80,81)(H2,67,68,82)/t43-,52-,53+,58-/m1/s1. The Bertz CT molecular complexity index is 3350. The minimum atomic E-state index is -1.42. The van der Waals surface area contributed by atoms with E-state index in [1.807, 2.05) is 60.7 Å². The molecule has 8 N–H and O–H groups in total. The highest BCUT2D eigenvalue weighted by Gasteiger charge is 2.29. The van der Waals surface area contributed by atoms with E-state index < -0.39 is 54.6 Å². The van der Waals surface area contributed by atoms with E-state index >= 15 is 0 Å². The number of ketones is 2. The van der Waals surface area contributed by atoms with Gasteiger partial charge in [-0.1, -0.05) is 111 Å². The van der Waals surface area contributed by atoms with Gasteiger partial charge in [0.05, 0.1) is 18.0 Å². The van der Waals surface area contributed by atoms with E-state index in [-0.39, 0.29) is 122 Å². The van der Waals surface area contributed by atoms with Gasteiger partial charge >= 0.3 is 23.9 Å². The molecule has 4 aromatic carbocycles. The number of aliphatic carboxylic acids is 2. The third-order valence-corrected chi connectivity index (χ3v) is 14.6. The maximum Gasteiger partial charge on any atom is 0.336 e. The topological polar surface area (TPSA) is 322 Å². The van der Waals surface area contributed by atoms with E-state index in [0.29, 0.717) is 71.0 Å². The first-order valence-corrected chi connectivity index (χ1v) is 28.7. The molecule has 0 saturated heterocycles. The molecule has 6 rings (SSSR count). The number of Topliss-reactive ketones (excluding diaryl/α,β-unsaturated/α-hetero) is 2. The number of phenolic OH excluding ortho intramolecular Hbond substituents is 1. The number of hydrogen-bond donors (Lipinski definition) is 8. The van der Waals surface area contributed by atoms with Crippen molar-refractivity contribution in [3.8, 4) is 28.2 Å². The summed E-state index contributed by atoms with van der Waals surface area (Å²) in [5.41, 5.74) is 3.77. The zero-order valence-corrected chi connectivity index (χ0v) is 47.7. The van der Waals surface area contributed by atoms with E-state index in [9.17, 15) is 63.3 Å². The minimum absolute atomic E-state index is 0.00703. The number of benzene rings is 5. The largest absolute Gasteiger partial charge is 0.508 e. The quantitative estimate of drug-likeness (QED) is 0.00593. The first-order chi connectivity index (χ1) is 40.9. The van der Waals surface area contributed by atoms with Gasteiger partial charge < -0.3 is 50.8 Å². The average Bonchev–Trinajstić information content (AvgIpc) is 1.46. The number of aromatic hydroxyl groups is 1. The number of carboxylic acids is 3. The van der Waals surface area contributed by atoms with Crippen molar-refractivity contribution in [1.82, 2.24) is 21.3 Å². The summed E-state index contributed by atoms with van der Waals surface area (Å²) in [5.74, 6) is -5.44. The molecule has 21 heteroatoms. The first kappa shape index (κ1) is 65.0. The highest BCUT2D eigenvalue weighted by molar-refractivity contribution is 7.80. The molecule has 0 aromatic heterocycles. The Morgan fingerprint density at radius 2 is 1.31 bits per heavy atom. The zero-order valence-electron chi connectivity index (χ0n) is 46.9. The van der Waals surface area contributed by atoms with Crippen LogP contribution >= 0.6 is 12.2 Å². The summed E-state index contributed by atoms with van der Waals surface area (Å²) in [6.45, 7) is 0.278. The Morgan fingerprint density at radius 3 is 1.98 bits per heavy atom. The smallest absolute Gasteiger partial charge is 0.336 e. The molecule has 0 spiro atoms. The Kier molecular flexibility index (Phi) is 25.4. The second-order valence-electron chi connectivity index (χ2n) is 20.8. The van der Waals surface area contributed by atoms with Crippen LogP contribution in [0.15, 0.2) is 124 Å². The molecule has 4 amide bonds. The number of phenols is 1. The minimum Gasteiger partial charge on any atom is -0.508 e. The van der Waals surface area contributed by atoms with Crippen LogP contribution in [-0.2, 0) is 57.6 Å². The first-order valence-electron chi connectivity index (χ1n) is 28.2. The Balaban J connectivity index is 0.963. The number of aromatic carboxylic acids is 1. The van der Waals surface area contributed by atoms with Gasteiger partial charge in [-0.2, -0.15) is 0 Å². The van der Waals surface area contributed by atoms with Crippen LogP contribution < -0.4 is 26.7 Å². The molecule has 4 aromatic rings. The maximum absolute atomic E-state index is 14.3. The van der Waals surface area contributed by atoms with Crippen LogP contribution in [0.1, 0.15) is 123 Å². The highest BCUT2D eigenvalue weighted by Crippen LogP contribution is 2.42. The van der Waals surface area contributed by atoms with Gasteiger partial charge in [0.2, 0.25) is 11.8 Å². The molecule has 2 aliphatic rings. The Labute approximate surface area is 496 Å². The summed E-state index contributed by atoms with van der Waals surface area (Å²) in [7, 11) is 0. The molecule has 0 bridgehead atoms. The van der Waals surface area contributed by atoms with Crippen molar-refractivity contribution in [2.75, 3.05) is 6.54 Å². The third kappa shape index (κ3) is 21.2. The van der Waals surface area contributed by atoms with Crippen molar-refractivity contribution in [3.63, 3.8) is 0 Å². The lowest BCUT2D eigenvalue weighted by Gasteiger charge is -2.22. The molecule has 0 unspecified atom stereocenters. The number of nitrogens with one attached hydrogen (secondary N) is 4. The summed E-state index contributed by atoms with van der Waals surface area (Å²) in [5, 5.41) is 50.0. The summed E-state index contributed by atoms with van der Waals surface area (Å²) in [6.07, 6.45) is 3.76. The second kappa shape index (κ2) is 33.3. The number of unbranched alkanes of at least 4 members (excludes halogenated alkanes) is 5. The number of hydrogen-bond acceptors (Lipinski definition) is 14. The van der Waals surface area contributed by atoms with Crippen molar-refractivity contribution < 1.29 is 72.7 Å². The molecule has 448 valence electrons.